The number of rotatable bonds is 6. The first-order valence-electron chi connectivity index (χ1n) is 19.0. The number of aromatic nitrogens is 2. The summed E-state index contributed by atoms with van der Waals surface area (Å²) in [5.74, 6) is 0.720. The molecule has 1 aromatic heterocycles. The van der Waals surface area contributed by atoms with E-state index in [1.165, 1.54) is 66.4 Å². The van der Waals surface area contributed by atoms with E-state index in [1.54, 1.807) is 0 Å². The lowest BCUT2D eigenvalue weighted by Crippen LogP contribution is -2.14. The Morgan fingerprint density at radius 1 is 0.327 bits per heavy atom. The molecule has 0 unspecified atom stereocenters. The molecule has 1 aliphatic rings. The molecule has 9 aromatic rings. The van der Waals surface area contributed by atoms with E-state index in [0.717, 1.165) is 33.9 Å². The highest BCUT2D eigenvalue weighted by Crippen LogP contribution is 2.49. The molecule has 0 spiro atoms. The second kappa shape index (κ2) is 13.2. The van der Waals surface area contributed by atoms with Crippen molar-refractivity contribution in [2.75, 3.05) is 0 Å². The van der Waals surface area contributed by atoms with Crippen LogP contribution in [0.5, 0.6) is 0 Å². The minimum atomic E-state index is -0.0302. The van der Waals surface area contributed by atoms with Gasteiger partial charge in [0.25, 0.3) is 0 Å². The predicted octanol–water partition coefficient (Wildman–Crippen LogP) is 13.9. The van der Waals surface area contributed by atoms with Gasteiger partial charge < -0.3 is 0 Å². The second-order valence-corrected chi connectivity index (χ2v) is 15.0. The maximum Gasteiger partial charge on any atom is 0.160 e. The van der Waals surface area contributed by atoms with Gasteiger partial charge in [-0.3, -0.25) is 0 Å². The Morgan fingerprint density at radius 3 is 1.58 bits per heavy atom. The van der Waals surface area contributed by atoms with E-state index >= 15 is 0 Å². The standard InChI is InChI=1S/C53H38N2/c1-53(2)48-22-10-9-20-45(48)46-30-29-43(33-49(46)53)41-19-11-18-40(31-41)42-28-25-35-17-12-21-44(47(35)32-42)36-23-26-38(27-24-36)51-34-50(37-13-5-3-6-14-37)54-52(55-51)39-15-7-4-8-16-39/h3-34H,1-2H3. The van der Waals surface area contributed by atoms with Crippen molar-refractivity contribution in [2.45, 2.75) is 19.3 Å². The van der Waals surface area contributed by atoms with Crippen LogP contribution in [0.25, 0.3) is 89.2 Å². The van der Waals surface area contributed by atoms with Gasteiger partial charge in [-0.15, -0.1) is 0 Å². The van der Waals surface area contributed by atoms with Crippen LogP contribution < -0.4 is 0 Å². The van der Waals surface area contributed by atoms with Crippen molar-refractivity contribution in [2.24, 2.45) is 0 Å². The maximum atomic E-state index is 5.05. The average Bonchev–Trinajstić information content (AvgIpc) is 3.49. The number of hydrogen-bond donors (Lipinski definition) is 0. The molecular weight excluding hydrogens is 665 g/mol. The predicted molar refractivity (Wildman–Crippen MR) is 230 cm³/mol. The summed E-state index contributed by atoms with van der Waals surface area (Å²) in [5, 5.41) is 2.45. The molecule has 0 radical (unpaired) electrons. The van der Waals surface area contributed by atoms with E-state index in [9.17, 15) is 0 Å². The third-order valence-corrected chi connectivity index (χ3v) is 11.3. The quantitative estimate of drug-likeness (QED) is 0.172. The van der Waals surface area contributed by atoms with Gasteiger partial charge in [-0.2, -0.15) is 0 Å². The Labute approximate surface area is 322 Å². The molecule has 8 aromatic carbocycles. The van der Waals surface area contributed by atoms with Gasteiger partial charge in [-0.1, -0.05) is 184 Å². The summed E-state index contributed by atoms with van der Waals surface area (Å²) >= 11 is 0. The highest BCUT2D eigenvalue weighted by Gasteiger charge is 2.35. The van der Waals surface area contributed by atoms with Gasteiger partial charge in [0.2, 0.25) is 0 Å². The molecule has 1 heterocycles. The average molecular weight is 703 g/mol. The molecule has 0 aliphatic heterocycles. The Balaban J connectivity index is 0.994. The van der Waals surface area contributed by atoms with Crippen LogP contribution in [0.4, 0.5) is 0 Å². The van der Waals surface area contributed by atoms with Gasteiger partial charge in [0.15, 0.2) is 5.82 Å². The fourth-order valence-corrected chi connectivity index (χ4v) is 8.35. The Hall–Kier alpha value is -6.90. The van der Waals surface area contributed by atoms with Crippen molar-refractivity contribution in [3.63, 3.8) is 0 Å². The zero-order valence-corrected chi connectivity index (χ0v) is 30.9. The van der Waals surface area contributed by atoms with Crippen LogP contribution in [0, 0.1) is 0 Å². The second-order valence-electron chi connectivity index (χ2n) is 15.0. The van der Waals surface area contributed by atoms with E-state index in [1.807, 2.05) is 36.4 Å². The summed E-state index contributed by atoms with van der Waals surface area (Å²) in [6, 6.07) is 69.7. The van der Waals surface area contributed by atoms with Crippen LogP contribution >= 0.6 is 0 Å². The Morgan fingerprint density at radius 2 is 0.836 bits per heavy atom. The molecule has 0 bridgehead atoms. The normalized spacial score (nSPS) is 12.7. The van der Waals surface area contributed by atoms with Crippen LogP contribution in [-0.2, 0) is 5.41 Å². The van der Waals surface area contributed by atoms with Crippen LogP contribution in [0.1, 0.15) is 25.0 Å². The number of nitrogens with zero attached hydrogens (tertiary/aromatic N) is 2. The summed E-state index contributed by atoms with van der Waals surface area (Å²) in [7, 11) is 0. The molecule has 0 saturated heterocycles. The fourth-order valence-electron chi connectivity index (χ4n) is 8.35. The number of fused-ring (bicyclic) bond motifs is 4. The highest BCUT2D eigenvalue weighted by atomic mass is 14.9. The van der Waals surface area contributed by atoms with Crippen LogP contribution in [0.3, 0.4) is 0 Å². The molecule has 0 saturated carbocycles. The van der Waals surface area contributed by atoms with Crippen LogP contribution in [0.15, 0.2) is 194 Å². The summed E-state index contributed by atoms with van der Waals surface area (Å²) in [5.41, 5.74) is 17.7. The number of hydrogen-bond acceptors (Lipinski definition) is 2. The van der Waals surface area contributed by atoms with E-state index in [2.05, 4.69) is 172 Å². The van der Waals surface area contributed by atoms with E-state index in [0.29, 0.717) is 0 Å². The Kier molecular flexibility index (Phi) is 7.85. The molecule has 1 aliphatic carbocycles. The molecule has 0 fully saturated rings. The lowest BCUT2D eigenvalue weighted by molar-refractivity contribution is 0.660. The van der Waals surface area contributed by atoms with Crippen molar-refractivity contribution < 1.29 is 0 Å². The third kappa shape index (κ3) is 5.84. The van der Waals surface area contributed by atoms with Crippen molar-refractivity contribution in [1.29, 1.82) is 0 Å². The van der Waals surface area contributed by atoms with Crippen molar-refractivity contribution >= 4 is 10.8 Å². The van der Waals surface area contributed by atoms with Crippen molar-refractivity contribution in [1.82, 2.24) is 9.97 Å². The molecule has 2 heteroatoms. The largest absolute Gasteiger partial charge is 0.228 e. The smallest absolute Gasteiger partial charge is 0.160 e. The molecule has 0 amide bonds. The lowest BCUT2D eigenvalue weighted by atomic mass is 9.81. The molecule has 10 rings (SSSR count). The third-order valence-electron chi connectivity index (χ3n) is 11.3. The minimum absolute atomic E-state index is 0.0302. The SMILES string of the molecule is CC1(C)c2ccccc2-c2ccc(-c3cccc(-c4ccc5cccc(-c6ccc(-c7cc(-c8ccccc8)nc(-c8ccccc8)n7)cc6)c5c4)c3)cc21. The summed E-state index contributed by atoms with van der Waals surface area (Å²) in [4.78, 5) is 10.0. The molecule has 55 heavy (non-hydrogen) atoms. The van der Waals surface area contributed by atoms with Gasteiger partial charge in [0.05, 0.1) is 11.4 Å². The fraction of sp³-hybridized carbons (Fsp3) is 0.0566. The van der Waals surface area contributed by atoms with Crippen LogP contribution in [-0.4, -0.2) is 9.97 Å². The molecule has 260 valence electrons. The highest BCUT2D eigenvalue weighted by molar-refractivity contribution is 5.99. The zero-order chi connectivity index (χ0) is 36.9. The lowest BCUT2D eigenvalue weighted by Gasteiger charge is -2.22. The van der Waals surface area contributed by atoms with Gasteiger partial charge >= 0.3 is 0 Å². The van der Waals surface area contributed by atoms with E-state index in [-0.39, 0.29) is 5.41 Å². The minimum Gasteiger partial charge on any atom is -0.228 e. The van der Waals surface area contributed by atoms with E-state index < -0.39 is 0 Å². The first-order valence-corrected chi connectivity index (χ1v) is 19.0. The summed E-state index contributed by atoms with van der Waals surface area (Å²) in [6.45, 7) is 4.69. The summed E-state index contributed by atoms with van der Waals surface area (Å²) in [6.07, 6.45) is 0. The first-order chi connectivity index (χ1) is 27.0. The first kappa shape index (κ1) is 32.7. The molecule has 0 N–H and O–H groups in total. The Bertz CT molecular complexity index is 2810. The molecular formula is C53H38N2. The van der Waals surface area contributed by atoms with Gasteiger partial charge in [-0.05, 0) is 90.7 Å². The van der Waals surface area contributed by atoms with Crippen LogP contribution in [0.2, 0.25) is 0 Å². The van der Waals surface area contributed by atoms with Gasteiger partial charge in [0.1, 0.15) is 0 Å². The van der Waals surface area contributed by atoms with Crippen molar-refractivity contribution in [3.8, 4) is 78.4 Å². The topological polar surface area (TPSA) is 25.8 Å². The van der Waals surface area contributed by atoms with Crippen molar-refractivity contribution in [3.05, 3.63) is 205 Å². The van der Waals surface area contributed by atoms with Gasteiger partial charge in [0, 0.05) is 22.1 Å². The molecule has 2 nitrogen and oxygen atoms in total. The monoisotopic (exact) mass is 702 g/mol. The maximum absolute atomic E-state index is 5.05. The number of benzene rings is 8. The zero-order valence-electron chi connectivity index (χ0n) is 30.9. The van der Waals surface area contributed by atoms with E-state index in [4.69, 9.17) is 9.97 Å². The van der Waals surface area contributed by atoms with Gasteiger partial charge in [-0.25, -0.2) is 9.97 Å². The molecule has 0 atom stereocenters. The summed E-state index contributed by atoms with van der Waals surface area (Å²) < 4.78 is 0.